The Morgan fingerprint density at radius 1 is 1.10 bits per heavy atom. The Balaban J connectivity index is 1.95. The van der Waals surface area contributed by atoms with Crippen LogP contribution in [-0.2, 0) is 15.7 Å². The van der Waals surface area contributed by atoms with Crippen LogP contribution in [0.25, 0.3) is 0 Å². The summed E-state index contributed by atoms with van der Waals surface area (Å²) in [5.74, 6) is -0.231. The molecule has 4 rings (SSSR count). The molecule has 1 fully saturated rings. The number of amides is 3. The molecule has 5 heteroatoms. The third-order valence-electron chi connectivity index (χ3n) is 4.74. The minimum atomic E-state index is -0.901. The Morgan fingerprint density at radius 2 is 1.85 bits per heavy atom. The SMILES string of the molecule is O=C1NC(=O)C2(CC3(CC=CC3)c3ccc(Br)cc32)N1. The number of nitrogens with one attached hydrogen (secondary N) is 2. The number of benzene rings is 1. The lowest BCUT2D eigenvalue weighted by atomic mass is 9.78. The molecule has 2 spiro atoms. The third kappa shape index (κ3) is 1.36. The van der Waals surface area contributed by atoms with Gasteiger partial charge in [-0.1, -0.05) is 34.1 Å². The summed E-state index contributed by atoms with van der Waals surface area (Å²) in [6, 6.07) is 5.66. The zero-order chi connectivity index (χ0) is 14.0. The van der Waals surface area contributed by atoms with Crippen molar-refractivity contribution in [2.45, 2.75) is 30.2 Å². The monoisotopic (exact) mass is 332 g/mol. The largest absolute Gasteiger partial charge is 0.322 e. The zero-order valence-electron chi connectivity index (χ0n) is 10.7. The Hall–Kier alpha value is -1.62. The highest BCUT2D eigenvalue weighted by molar-refractivity contribution is 9.10. The molecule has 0 radical (unpaired) electrons. The molecule has 102 valence electrons. The molecule has 1 unspecified atom stereocenters. The van der Waals surface area contributed by atoms with Gasteiger partial charge in [0.2, 0.25) is 0 Å². The highest BCUT2D eigenvalue weighted by Crippen LogP contribution is 2.55. The number of hydrogen-bond acceptors (Lipinski definition) is 2. The van der Waals surface area contributed by atoms with Gasteiger partial charge in [-0.25, -0.2) is 4.79 Å². The van der Waals surface area contributed by atoms with Crippen LogP contribution < -0.4 is 10.6 Å². The lowest BCUT2D eigenvalue weighted by Gasteiger charge is -2.27. The van der Waals surface area contributed by atoms with E-state index >= 15 is 0 Å². The van der Waals surface area contributed by atoms with E-state index in [4.69, 9.17) is 0 Å². The maximum atomic E-state index is 12.4. The van der Waals surface area contributed by atoms with Crippen molar-refractivity contribution < 1.29 is 9.59 Å². The van der Waals surface area contributed by atoms with E-state index in [0.29, 0.717) is 6.42 Å². The second kappa shape index (κ2) is 3.73. The molecular weight excluding hydrogens is 320 g/mol. The average molecular weight is 333 g/mol. The highest BCUT2D eigenvalue weighted by Gasteiger charge is 2.59. The van der Waals surface area contributed by atoms with Gasteiger partial charge in [0, 0.05) is 9.89 Å². The Kier molecular flexibility index (Phi) is 2.26. The van der Waals surface area contributed by atoms with Crippen LogP contribution in [0.2, 0.25) is 0 Å². The molecule has 1 heterocycles. The summed E-state index contributed by atoms with van der Waals surface area (Å²) >= 11 is 3.47. The first-order valence-electron chi connectivity index (χ1n) is 6.65. The fourth-order valence-electron chi connectivity index (χ4n) is 3.90. The standard InChI is InChI=1S/C15H13BrN2O2/c16-9-3-4-10-11(7-9)15(12(19)17-13(20)18-15)8-14(10)5-1-2-6-14/h1-4,7H,5-6,8H2,(H2,17,18,19,20). The van der Waals surface area contributed by atoms with Crippen LogP contribution in [0.4, 0.5) is 4.79 Å². The first-order valence-corrected chi connectivity index (χ1v) is 7.44. The number of carbonyl (C=O) groups excluding carboxylic acids is 2. The fourth-order valence-corrected chi connectivity index (χ4v) is 4.26. The molecule has 3 amide bonds. The van der Waals surface area contributed by atoms with Crippen LogP contribution in [0.5, 0.6) is 0 Å². The number of carbonyl (C=O) groups is 2. The van der Waals surface area contributed by atoms with E-state index in [9.17, 15) is 9.59 Å². The van der Waals surface area contributed by atoms with E-state index in [0.717, 1.165) is 22.9 Å². The van der Waals surface area contributed by atoms with Crippen molar-refractivity contribution in [1.82, 2.24) is 10.6 Å². The Labute approximate surface area is 124 Å². The van der Waals surface area contributed by atoms with Gasteiger partial charge in [0.05, 0.1) is 0 Å². The van der Waals surface area contributed by atoms with Gasteiger partial charge >= 0.3 is 6.03 Å². The Morgan fingerprint density at radius 3 is 2.50 bits per heavy atom. The lowest BCUT2D eigenvalue weighted by molar-refractivity contribution is -0.124. The molecule has 0 bridgehead atoms. The molecule has 1 aliphatic heterocycles. The summed E-state index contributed by atoms with van der Waals surface area (Å²) < 4.78 is 0.924. The summed E-state index contributed by atoms with van der Waals surface area (Å²) in [4.78, 5) is 24.0. The normalized spacial score (nSPS) is 29.1. The van der Waals surface area contributed by atoms with Gasteiger partial charge in [0.1, 0.15) is 5.54 Å². The van der Waals surface area contributed by atoms with Crippen molar-refractivity contribution in [3.63, 3.8) is 0 Å². The second-order valence-corrected chi connectivity index (χ2v) is 6.76. The van der Waals surface area contributed by atoms with E-state index in [1.165, 1.54) is 5.56 Å². The van der Waals surface area contributed by atoms with Crippen molar-refractivity contribution in [2.24, 2.45) is 0 Å². The average Bonchev–Trinajstić information content (AvgIpc) is 3.03. The van der Waals surface area contributed by atoms with Crippen LogP contribution in [-0.4, -0.2) is 11.9 Å². The second-order valence-electron chi connectivity index (χ2n) is 5.84. The van der Waals surface area contributed by atoms with Gasteiger partial charge in [0.15, 0.2) is 0 Å². The Bertz CT molecular complexity index is 674. The number of halogens is 1. The minimum absolute atomic E-state index is 0.0506. The van der Waals surface area contributed by atoms with Crippen LogP contribution in [0.3, 0.4) is 0 Å². The summed E-state index contributed by atoms with van der Waals surface area (Å²) in [5.41, 5.74) is 1.16. The van der Waals surface area contributed by atoms with E-state index < -0.39 is 11.6 Å². The van der Waals surface area contributed by atoms with Crippen LogP contribution in [0.15, 0.2) is 34.8 Å². The van der Waals surface area contributed by atoms with Gasteiger partial charge in [-0.05, 0) is 42.5 Å². The molecule has 0 saturated carbocycles. The summed E-state index contributed by atoms with van der Waals surface area (Å²) in [7, 11) is 0. The highest BCUT2D eigenvalue weighted by atomic mass is 79.9. The first kappa shape index (κ1) is 12.1. The number of rotatable bonds is 0. The quantitative estimate of drug-likeness (QED) is 0.566. The van der Waals surface area contributed by atoms with Crippen LogP contribution in [0.1, 0.15) is 30.4 Å². The molecule has 1 aromatic carbocycles. The smallest absolute Gasteiger partial charge is 0.319 e. The predicted molar refractivity (Wildman–Crippen MR) is 77.2 cm³/mol. The lowest BCUT2D eigenvalue weighted by Crippen LogP contribution is -2.43. The maximum Gasteiger partial charge on any atom is 0.322 e. The molecular formula is C15H13BrN2O2. The molecule has 20 heavy (non-hydrogen) atoms. The topological polar surface area (TPSA) is 58.2 Å². The van der Waals surface area contributed by atoms with Crippen molar-refractivity contribution in [3.05, 3.63) is 46.0 Å². The summed E-state index contributed by atoms with van der Waals surface area (Å²) in [5, 5.41) is 5.26. The molecule has 1 aromatic rings. The molecule has 0 aromatic heterocycles. The third-order valence-corrected chi connectivity index (χ3v) is 5.24. The van der Waals surface area contributed by atoms with E-state index in [1.807, 2.05) is 12.1 Å². The van der Waals surface area contributed by atoms with E-state index in [2.05, 4.69) is 44.8 Å². The van der Waals surface area contributed by atoms with Crippen molar-refractivity contribution in [3.8, 4) is 0 Å². The van der Waals surface area contributed by atoms with Gasteiger partial charge in [-0.2, -0.15) is 0 Å². The summed E-state index contributed by atoms with van der Waals surface area (Å²) in [6.07, 6.45) is 6.81. The molecule has 2 aliphatic carbocycles. The number of fused-ring (bicyclic) bond motifs is 3. The molecule has 3 aliphatic rings. The van der Waals surface area contributed by atoms with Gasteiger partial charge < -0.3 is 5.32 Å². The van der Waals surface area contributed by atoms with Crippen molar-refractivity contribution in [2.75, 3.05) is 0 Å². The first-order chi connectivity index (χ1) is 9.56. The van der Waals surface area contributed by atoms with Crippen LogP contribution in [0, 0.1) is 0 Å². The summed E-state index contributed by atoms with van der Waals surface area (Å²) in [6.45, 7) is 0. The number of hydrogen-bond donors (Lipinski definition) is 2. The number of imide groups is 1. The minimum Gasteiger partial charge on any atom is -0.319 e. The van der Waals surface area contributed by atoms with Crippen LogP contribution >= 0.6 is 15.9 Å². The molecule has 1 atom stereocenters. The zero-order valence-corrected chi connectivity index (χ0v) is 12.3. The number of allylic oxidation sites excluding steroid dienone is 2. The molecule has 2 N–H and O–H groups in total. The van der Waals surface area contributed by atoms with Crippen molar-refractivity contribution in [1.29, 1.82) is 0 Å². The van der Waals surface area contributed by atoms with Gasteiger partial charge in [-0.15, -0.1) is 0 Å². The van der Waals surface area contributed by atoms with Crippen molar-refractivity contribution >= 4 is 27.9 Å². The van der Waals surface area contributed by atoms with Gasteiger partial charge in [-0.3, -0.25) is 10.1 Å². The predicted octanol–water partition coefficient (Wildman–Crippen LogP) is 2.48. The van der Waals surface area contributed by atoms with E-state index in [-0.39, 0.29) is 11.3 Å². The molecule has 4 nitrogen and oxygen atoms in total. The van der Waals surface area contributed by atoms with Gasteiger partial charge in [0.25, 0.3) is 5.91 Å². The molecule has 1 saturated heterocycles. The number of urea groups is 1. The van der Waals surface area contributed by atoms with E-state index in [1.54, 1.807) is 0 Å². The maximum absolute atomic E-state index is 12.4. The fraction of sp³-hybridized carbons (Fsp3) is 0.333.